The topological polar surface area (TPSA) is 71.4 Å². The number of anilines is 2. The summed E-state index contributed by atoms with van der Waals surface area (Å²) in [4.78, 5) is 4.46. The van der Waals surface area contributed by atoms with Crippen LogP contribution in [0.15, 0.2) is 16.8 Å². The second-order valence-corrected chi connectivity index (χ2v) is 4.87. The van der Waals surface area contributed by atoms with Crippen LogP contribution in [0.5, 0.6) is 0 Å². The van der Waals surface area contributed by atoms with Crippen LogP contribution in [0.25, 0.3) is 11.0 Å². The van der Waals surface area contributed by atoms with Gasteiger partial charge in [0.1, 0.15) is 0 Å². The molecule has 0 aliphatic rings. The van der Waals surface area contributed by atoms with E-state index in [1.807, 2.05) is 12.1 Å². The fourth-order valence-electron chi connectivity index (χ4n) is 2.15. The van der Waals surface area contributed by atoms with E-state index in [1.165, 1.54) is 0 Å². The summed E-state index contributed by atoms with van der Waals surface area (Å²) in [6.45, 7) is 5.08. The molecule has 0 radical (unpaired) electrons. The molecule has 2 N–H and O–H groups in total. The van der Waals surface area contributed by atoms with Crippen molar-refractivity contribution in [2.45, 2.75) is 13.3 Å². The van der Waals surface area contributed by atoms with Gasteiger partial charge in [-0.25, -0.2) is 4.63 Å². The van der Waals surface area contributed by atoms with Crippen molar-refractivity contribution >= 4 is 22.4 Å². The fourth-order valence-corrected chi connectivity index (χ4v) is 2.15. The average molecular weight is 263 g/mol. The van der Waals surface area contributed by atoms with Crippen molar-refractivity contribution in [3.05, 3.63) is 12.1 Å². The molecule has 19 heavy (non-hydrogen) atoms. The molecule has 1 aromatic heterocycles. The van der Waals surface area contributed by atoms with Gasteiger partial charge in [-0.3, -0.25) is 0 Å². The molecule has 0 unspecified atom stereocenters. The van der Waals surface area contributed by atoms with Gasteiger partial charge in [-0.15, -0.1) is 0 Å². The van der Waals surface area contributed by atoms with E-state index in [0.717, 1.165) is 37.3 Å². The molecule has 6 heteroatoms. The van der Waals surface area contributed by atoms with Gasteiger partial charge in [0.15, 0.2) is 11.0 Å². The molecule has 104 valence electrons. The number of hydrogen-bond acceptors (Lipinski definition) is 6. The molecule has 0 aliphatic heterocycles. The monoisotopic (exact) mass is 263 g/mol. The van der Waals surface area contributed by atoms with Gasteiger partial charge in [-0.1, -0.05) is 0 Å². The molecule has 0 bridgehead atoms. The molecule has 1 heterocycles. The Labute approximate surface area is 113 Å². The molecule has 2 aromatic rings. The van der Waals surface area contributed by atoms with Gasteiger partial charge in [-0.2, -0.15) is 0 Å². The second kappa shape index (κ2) is 5.88. The summed E-state index contributed by atoms with van der Waals surface area (Å²) >= 11 is 0. The number of benzene rings is 1. The van der Waals surface area contributed by atoms with Crippen LogP contribution in [-0.2, 0) is 0 Å². The highest BCUT2D eigenvalue weighted by atomic mass is 16.6. The highest BCUT2D eigenvalue weighted by Gasteiger charge is 2.14. The van der Waals surface area contributed by atoms with Crippen LogP contribution in [0.2, 0.25) is 0 Å². The van der Waals surface area contributed by atoms with Crippen molar-refractivity contribution < 1.29 is 4.63 Å². The summed E-state index contributed by atoms with van der Waals surface area (Å²) in [6.07, 6.45) is 1.10. The first-order valence-corrected chi connectivity index (χ1v) is 6.54. The van der Waals surface area contributed by atoms with Crippen molar-refractivity contribution in [1.82, 2.24) is 15.2 Å². The zero-order valence-electron chi connectivity index (χ0n) is 11.8. The first-order valence-electron chi connectivity index (χ1n) is 6.54. The normalized spacial score (nSPS) is 11.4. The van der Waals surface area contributed by atoms with Crippen molar-refractivity contribution in [3.63, 3.8) is 0 Å². The van der Waals surface area contributed by atoms with Crippen LogP contribution in [0.1, 0.15) is 13.3 Å². The van der Waals surface area contributed by atoms with Crippen LogP contribution >= 0.6 is 0 Å². The smallest absolute Gasteiger partial charge is 0.160 e. The molecule has 0 aliphatic carbocycles. The number of nitrogens with zero attached hydrogens (tertiary/aromatic N) is 4. The number of nitrogen functional groups attached to an aromatic ring is 1. The predicted molar refractivity (Wildman–Crippen MR) is 77.3 cm³/mol. The number of aromatic nitrogens is 2. The zero-order valence-corrected chi connectivity index (χ0v) is 11.8. The van der Waals surface area contributed by atoms with Gasteiger partial charge in [0.2, 0.25) is 0 Å². The molecule has 6 nitrogen and oxygen atoms in total. The lowest BCUT2D eigenvalue weighted by Crippen LogP contribution is -2.27. The van der Waals surface area contributed by atoms with Crippen LogP contribution < -0.4 is 10.6 Å². The van der Waals surface area contributed by atoms with E-state index in [9.17, 15) is 0 Å². The van der Waals surface area contributed by atoms with Crippen molar-refractivity contribution in [3.8, 4) is 0 Å². The molecule has 0 spiro atoms. The Hall–Kier alpha value is -1.82. The largest absolute Gasteiger partial charge is 0.397 e. The van der Waals surface area contributed by atoms with E-state index in [0.29, 0.717) is 11.2 Å². The van der Waals surface area contributed by atoms with E-state index in [4.69, 9.17) is 10.4 Å². The van der Waals surface area contributed by atoms with E-state index >= 15 is 0 Å². The van der Waals surface area contributed by atoms with Gasteiger partial charge in [-0.05, 0) is 56.4 Å². The maximum Gasteiger partial charge on any atom is 0.160 e. The summed E-state index contributed by atoms with van der Waals surface area (Å²) in [7, 11) is 4.17. The van der Waals surface area contributed by atoms with E-state index < -0.39 is 0 Å². The Bertz CT molecular complexity index is 537. The lowest BCUT2D eigenvalue weighted by atomic mass is 10.2. The van der Waals surface area contributed by atoms with Crippen molar-refractivity contribution in [2.75, 3.05) is 44.4 Å². The molecule has 0 amide bonds. The molecular formula is C13H21N5O. The summed E-state index contributed by atoms with van der Waals surface area (Å²) in [5, 5.41) is 7.83. The Morgan fingerprint density at radius 3 is 2.58 bits per heavy atom. The number of nitrogens with two attached hydrogens (primary N) is 1. The van der Waals surface area contributed by atoms with Gasteiger partial charge < -0.3 is 15.5 Å². The zero-order chi connectivity index (χ0) is 13.8. The van der Waals surface area contributed by atoms with Crippen LogP contribution in [0.3, 0.4) is 0 Å². The Morgan fingerprint density at radius 1 is 1.16 bits per heavy atom. The van der Waals surface area contributed by atoms with E-state index in [2.05, 4.69) is 41.1 Å². The molecule has 1 aromatic carbocycles. The SMILES string of the molecule is CCN(CCCN(C)C)c1ccc(N)c2nonc12. The highest BCUT2D eigenvalue weighted by molar-refractivity contribution is 5.95. The third-order valence-corrected chi connectivity index (χ3v) is 3.18. The standard InChI is InChI=1S/C13H21N5O/c1-4-18(9-5-8-17(2)3)11-7-6-10(14)12-13(11)16-19-15-12/h6-7H,4-5,8-9,14H2,1-3H3. The lowest BCUT2D eigenvalue weighted by molar-refractivity contribution is 0.315. The summed E-state index contributed by atoms with van der Waals surface area (Å²) in [5.74, 6) is 0. The molecule has 0 saturated heterocycles. The summed E-state index contributed by atoms with van der Waals surface area (Å²) in [5.41, 5.74) is 8.88. The van der Waals surface area contributed by atoms with Crippen LogP contribution in [0.4, 0.5) is 11.4 Å². The lowest BCUT2D eigenvalue weighted by Gasteiger charge is -2.24. The Balaban J connectivity index is 2.21. The molecule has 0 fully saturated rings. The molecule has 0 atom stereocenters. The van der Waals surface area contributed by atoms with Crippen molar-refractivity contribution in [1.29, 1.82) is 0 Å². The second-order valence-electron chi connectivity index (χ2n) is 4.87. The van der Waals surface area contributed by atoms with Crippen LogP contribution in [0, 0.1) is 0 Å². The average Bonchev–Trinajstić information content (AvgIpc) is 2.86. The quantitative estimate of drug-likeness (QED) is 0.798. The predicted octanol–water partition coefficient (Wildman–Crippen LogP) is 1.58. The summed E-state index contributed by atoms with van der Waals surface area (Å²) in [6, 6.07) is 3.84. The molecular weight excluding hydrogens is 242 g/mol. The molecule has 2 rings (SSSR count). The minimum Gasteiger partial charge on any atom is -0.397 e. The van der Waals surface area contributed by atoms with Gasteiger partial charge >= 0.3 is 0 Å². The number of fused-ring (bicyclic) bond motifs is 1. The van der Waals surface area contributed by atoms with Crippen molar-refractivity contribution in [2.24, 2.45) is 0 Å². The van der Waals surface area contributed by atoms with Gasteiger partial charge in [0.05, 0.1) is 11.4 Å². The van der Waals surface area contributed by atoms with Crippen LogP contribution in [-0.4, -0.2) is 48.9 Å². The maximum absolute atomic E-state index is 5.86. The van der Waals surface area contributed by atoms with E-state index in [1.54, 1.807) is 0 Å². The third kappa shape index (κ3) is 2.96. The minimum absolute atomic E-state index is 0.601. The fraction of sp³-hybridized carbons (Fsp3) is 0.538. The van der Waals surface area contributed by atoms with E-state index in [-0.39, 0.29) is 0 Å². The third-order valence-electron chi connectivity index (χ3n) is 3.18. The minimum atomic E-state index is 0.601. The maximum atomic E-state index is 5.86. The first-order chi connectivity index (χ1) is 9.13. The summed E-state index contributed by atoms with van der Waals surface area (Å²) < 4.78 is 4.81. The highest BCUT2D eigenvalue weighted by Crippen LogP contribution is 2.28. The van der Waals surface area contributed by atoms with Gasteiger partial charge in [0.25, 0.3) is 0 Å². The number of hydrogen-bond donors (Lipinski definition) is 1. The molecule has 0 saturated carbocycles. The van der Waals surface area contributed by atoms with Gasteiger partial charge in [0, 0.05) is 13.1 Å². The number of rotatable bonds is 6. The Kier molecular flexibility index (Phi) is 4.21. The first kappa shape index (κ1) is 13.6. The Morgan fingerprint density at radius 2 is 1.89 bits per heavy atom.